The Hall–Kier alpha value is -2.11. The Kier molecular flexibility index (Phi) is 4.55. The van der Waals surface area contributed by atoms with Gasteiger partial charge in [0.1, 0.15) is 6.04 Å². The van der Waals surface area contributed by atoms with Gasteiger partial charge in [-0.25, -0.2) is 9.59 Å². The number of aliphatic carboxylic acids is 1. The lowest BCUT2D eigenvalue weighted by Crippen LogP contribution is -2.52. The summed E-state index contributed by atoms with van der Waals surface area (Å²) in [5.41, 5.74) is 0.754. The van der Waals surface area contributed by atoms with Crippen molar-refractivity contribution in [2.24, 2.45) is 0 Å². The van der Waals surface area contributed by atoms with E-state index in [-0.39, 0.29) is 12.1 Å². The van der Waals surface area contributed by atoms with Crippen molar-refractivity contribution in [3.8, 4) is 0 Å². The third-order valence-corrected chi connectivity index (χ3v) is 3.52. The Balaban J connectivity index is 2.01. The van der Waals surface area contributed by atoms with E-state index in [0.29, 0.717) is 13.0 Å². The third kappa shape index (κ3) is 3.26. The number of pyridine rings is 1. The monoisotopic (exact) mass is 277 g/mol. The van der Waals surface area contributed by atoms with Gasteiger partial charge in [0.05, 0.1) is 11.7 Å². The van der Waals surface area contributed by atoms with Gasteiger partial charge in [-0.15, -0.1) is 0 Å². The van der Waals surface area contributed by atoms with Crippen molar-refractivity contribution in [1.29, 1.82) is 0 Å². The Labute approximate surface area is 117 Å². The van der Waals surface area contributed by atoms with Gasteiger partial charge in [-0.3, -0.25) is 4.98 Å². The fourth-order valence-electron chi connectivity index (χ4n) is 2.41. The van der Waals surface area contributed by atoms with Crippen molar-refractivity contribution in [1.82, 2.24) is 15.2 Å². The van der Waals surface area contributed by atoms with Gasteiger partial charge >= 0.3 is 12.0 Å². The molecule has 1 fully saturated rings. The van der Waals surface area contributed by atoms with Crippen LogP contribution in [0.15, 0.2) is 24.4 Å². The van der Waals surface area contributed by atoms with Gasteiger partial charge in [0.15, 0.2) is 0 Å². The molecule has 6 nitrogen and oxygen atoms in total. The first kappa shape index (κ1) is 14.3. The van der Waals surface area contributed by atoms with Gasteiger partial charge in [0.2, 0.25) is 0 Å². The molecule has 0 saturated carbocycles. The van der Waals surface area contributed by atoms with Gasteiger partial charge in [0, 0.05) is 12.7 Å². The molecule has 0 radical (unpaired) electrons. The van der Waals surface area contributed by atoms with Crippen LogP contribution in [-0.4, -0.2) is 39.6 Å². The molecule has 0 bridgehead atoms. The molecular formula is C14H19N3O3. The number of carbonyl (C=O) groups is 2. The highest BCUT2D eigenvalue weighted by atomic mass is 16.4. The van der Waals surface area contributed by atoms with Crippen LogP contribution in [0.4, 0.5) is 4.79 Å². The van der Waals surface area contributed by atoms with Gasteiger partial charge < -0.3 is 15.3 Å². The zero-order valence-electron chi connectivity index (χ0n) is 11.5. The van der Waals surface area contributed by atoms with Crippen LogP contribution in [0.3, 0.4) is 0 Å². The molecule has 6 heteroatoms. The number of piperidine rings is 1. The van der Waals surface area contributed by atoms with Crippen LogP contribution in [0.5, 0.6) is 0 Å². The summed E-state index contributed by atoms with van der Waals surface area (Å²) in [5, 5.41) is 12.0. The minimum absolute atomic E-state index is 0.250. The van der Waals surface area contributed by atoms with Gasteiger partial charge in [-0.1, -0.05) is 6.07 Å². The van der Waals surface area contributed by atoms with Gasteiger partial charge in [0.25, 0.3) is 0 Å². The molecule has 1 aliphatic heterocycles. The second-order valence-corrected chi connectivity index (χ2v) is 4.97. The molecule has 20 heavy (non-hydrogen) atoms. The highest BCUT2D eigenvalue weighted by Crippen LogP contribution is 2.18. The lowest BCUT2D eigenvalue weighted by Gasteiger charge is -2.33. The molecule has 1 saturated heterocycles. The summed E-state index contributed by atoms with van der Waals surface area (Å²) in [6, 6.07) is 4.18. The number of likely N-dealkylation sites (tertiary alicyclic amines) is 1. The van der Waals surface area contributed by atoms with Crippen LogP contribution < -0.4 is 5.32 Å². The lowest BCUT2D eigenvalue weighted by molar-refractivity contribution is -0.143. The summed E-state index contributed by atoms with van der Waals surface area (Å²) < 4.78 is 0. The number of urea groups is 1. The number of rotatable bonds is 3. The Morgan fingerprint density at radius 1 is 1.45 bits per heavy atom. The Bertz CT molecular complexity index is 478. The molecule has 2 N–H and O–H groups in total. The third-order valence-electron chi connectivity index (χ3n) is 3.52. The number of hydrogen-bond donors (Lipinski definition) is 2. The zero-order chi connectivity index (χ0) is 14.5. The summed E-state index contributed by atoms with van der Waals surface area (Å²) >= 11 is 0. The number of hydrogen-bond acceptors (Lipinski definition) is 3. The van der Waals surface area contributed by atoms with Gasteiger partial charge in [-0.2, -0.15) is 0 Å². The average Bonchev–Trinajstić information content (AvgIpc) is 2.48. The van der Waals surface area contributed by atoms with Crippen LogP contribution in [0.2, 0.25) is 0 Å². The van der Waals surface area contributed by atoms with E-state index in [4.69, 9.17) is 0 Å². The molecule has 1 aliphatic rings. The zero-order valence-corrected chi connectivity index (χ0v) is 11.5. The smallest absolute Gasteiger partial charge is 0.326 e. The number of nitrogens with one attached hydrogen (secondary N) is 1. The summed E-state index contributed by atoms with van der Waals surface area (Å²) in [7, 11) is 0. The first-order chi connectivity index (χ1) is 9.59. The number of carbonyl (C=O) groups excluding carboxylic acids is 1. The number of amides is 2. The molecule has 2 heterocycles. The van der Waals surface area contributed by atoms with E-state index in [1.54, 1.807) is 6.20 Å². The van der Waals surface area contributed by atoms with Crippen molar-refractivity contribution in [2.45, 2.75) is 38.3 Å². The average molecular weight is 277 g/mol. The first-order valence-corrected chi connectivity index (χ1v) is 6.80. The predicted octanol–water partition coefficient (Wildman–Crippen LogP) is 1.79. The molecule has 2 atom stereocenters. The van der Waals surface area contributed by atoms with E-state index in [0.717, 1.165) is 18.5 Å². The van der Waals surface area contributed by atoms with Crippen LogP contribution >= 0.6 is 0 Å². The van der Waals surface area contributed by atoms with Crippen molar-refractivity contribution >= 4 is 12.0 Å². The maximum Gasteiger partial charge on any atom is 0.326 e. The molecule has 0 spiro atoms. The fourth-order valence-corrected chi connectivity index (χ4v) is 2.41. The quantitative estimate of drug-likeness (QED) is 0.882. The largest absolute Gasteiger partial charge is 0.480 e. The highest BCUT2D eigenvalue weighted by Gasteiger charge is 2.32. The minimum Gasteiger partial charge on any atom is -0.480 e. The SMILES string of the molecule is CC(NC(=O)N1CCCCC1C(=O)O)c1ccccn1. The van der Waals surface area contributed by atoms with Crippen LogP contribution in [0.1, 0.15) is 37.9 Å². The molecule has 0 aromatic carbocycles. The number of carboxylic acids is 1. The maximum atomic E-state index is 12.2. The topological polar surface area (TPSA) is 82.5 Å². The van der Waals surface area contributed by atoms with Crippen LogP contribution in [0.25, 0.3) is 0 Å². The second-order valence-electron chi connectivity index (χ2n) is 4.97. The summed E-state index contributed by atoms with van der Waals surface area (Å²) in [6.45, 7) is 2.32. The van der Waals surface area contributed by atoms with Crippen LogP contribution in [-0.2, 0) is 4.79 Å². The van der Waals surface area contributed by atoms with Crippen molar-refractivity contribution < 1.29 is 14.7 Å². The molecule has 108 valence electrons. The lowest BCUT2D eigenvalue weighted by atomic mass is 10.0. The summed E-state index contributed by atoms with van der Waals surface area (Å²) in [5.74, 6) is -0.940. The Morgan fingerprint density at radius 2 is 2.25 bits per heavy atom. The van der Waals surface area contributed by atoms with E-state index >= 15 is 0 Å². The van der Waals surface area contributed by atoms with Crippen molar-refractivity contribution in [2.75, 3.05) is 6.54 Å². The van der Waals surface area contributed by atoms with E-state index < -0.39 is 12.0 Å². The first-order valence-electron chi connectivity index (χ1n) is 6.80. The predicted molar refractivity (Wildman–Crippen MR) is 73.2 cm³/mol. The molecule has 2 rings (SSSR count). The molecule has 1 aromatic rings. The maximum absolute atomic E-state index is 12.2. The Morgan fingerprint density at radius 3 is 2.90 bits per heavy atom. The second kappa shape index (κ2) is 6.36. The van der Waals surface area contributed by atoms with Crippen molar-refractivity contribution in [3.05, 3.63) is 30.1 Å². The van der Waals surface area contributed by atoms with Crippen LogP contribution in [0, 0.1) is 0 Å². The standard InChI is InChI=1S/C14H19N3O3/c1-10(11-6-2-4-8-15-11)16-14(20)17-9-5-3-7-12(17)13(18)19/h2,4,6,8,10,12H,3,5,7,9H2,1H3,(H,16,20)(H,18,19). The van der Waals surface area contributed by atoms with Gasteiger partial charge in [-0.05, 0) is 38.3 Å². The van der Waals surface area contributed by atoms with E-state index in [1.165, 1.54) is 4.90 Å². The van der Waals surface area contributed by atoms with Crippen molar-refractivity contribution in [3.63, 3.8) is 0 Å². The fraction of sp³-hybridized carbons (Fsp3) is 0.500. The number of carboxylic acid groups (broad SMARTS) is 1. The molecule has 0 aliphatic carbocycles. The van der Waals surface area contributed by atoms with E-state index in [9.17, 15) is 14.7 Å². The summed E-state index contributed by atoms with van der Waals surface area (Å²) in [4.78, 5) is 29.0. The van der Waals surface area contributed by atoms with E-state index in [1.807, 2.05) is 25.1 Å². The summed E-state index contributed by atoms with van der Waals surface area (Å²) in [6.07, 6.45) is 3.87. The minimum atomic E-state index is -0.940. The van der Waals surface area contributed by atoms with E-state index in [2.05, 4.69) is 10.3 Å². The molecule has 1 aromatic heterocycles. The molecular weight excluding hydrogens is 258 g/mol. The number of nitrogens with zero attached hydrogens (tertiary/aromatic N) is 2. The normalized spacial score (nSPS) is 20.2. The molecule has 2 amide bonds. The molecule has 2 unspecified atom stereocenters. The number of aromatic nitrogens is 1. The highest BCUT2D eigenvalue weighted by molar-refractivity contribution is 5.83.